The molecule has 0 unspecified atom stereocenters. The third-order valence-electron chi connectivity index (χ3n) is 5.60. The van der Waals surface area contributed by atoms with Gasteiger partial charge in [0.2, 0.25) is 0 Å². The first-order valence-corrected chi connectivity index (χ1v) is 10.3. The van der Waals surface area contributed by atoms with Crippen molar-refractivity contribution in [3.63, 3.8) is 0 Å². The zero-order valence-corrected chi connectivity index (χ0v) is 16.8. The number of anilines is 2. The normalized spacial score (nSPS) is 13.3. The van der Waals surface area contributed by atoms with Crippen molar-refractivity contribution in [2.75, 3.05) is 5.32 Å². The number of aromatic carboxylic acids is 1. The summed E-state index contributed by atoms with van der Waals surface area (Å²) in [6.45, 7) is 0. The first-order valence-electron chi connectivity index (χ1n) is 10.3. The van der Waals surface area contributed by atoms with Crippen molar-refractivity contribution in [3.05, 3.63) is 65.6 Å². The molecule has 1 fully saturated rings. The van der Waals surface area contributed by atoms with E-state index < -0.39 is 5.97 Å². The number of carbonyl (C=O) groups is 1. The molecular weight excluding hydrogens is 388 g/mol. The molecule has 1 saturated carbocycles. The van der Waals surface area contributed by atoms with Gasteiger partial charge >= 0.3 is 5.97 Å². The molecule has 0 bridgehead atoms. The predicted molar refractivity (Wildman–Crippen MR) is 121 cm³/mol. The molecule has 0 saturated heterocycles. The van der Waals surface area contributed by atoms with Crippen molar-refractivity contribution in [1.82, 2.24) is 15.0 Å². The van der Waals surface area contributed by atoms with E-state index in [9.17, 15) is 9.90 Å². The van der Waals surface area contributed by atoms with Gasteiger partial charge in [0, 0.05) is 34.6 Å². The van der Waals surface area contributed by atoms with Gasteiger partial charge in [-0.1, -0.05) is 30.9 Å². The molecule has 2 N–H and O–H groups in total. The Balaban J connectivity index is 1.66. The van der Waals surface area contributed by atoms with Crippen LogP contribution in [0, 0.1) is 18.3 Å². The van der Waals surface area contributed by atoms with Crippen LogP contribution in [-0.4, -0.2) is 26.0 Å². The van der Waals surface area contributed by atoms with Crippen LogP contribution in [0.3, 0.4) is 0 Å². The number of terminal acetylenes is 1. The van der Waals surface area contributed by atoms with E-state index >= 15 is 0 Å². The summed E-state index contributed by atoms with van der Waals surface area (Å²) < 4.78 is 0. The molecule has 0 amide bonds. The number of fused-ring (bicyclic) bond motifs is 3. The number of rotatable bonds is 6. The highest BCUT2D eigenvalue weighted by molar-refractivity contribution is 6.09. The van der Waals surface area contributed by atoms with Gasteiger partial charge in [-0.25, -0.2) is 19.7 Å². The largest absolute Gasteiger partial charge is 0.478 e. The summed E-state index contributed by atoms with van der Waals surface area (Å²) in [6.07, 6.45) is 11.9. The zero-order chi connectivity index (χ0) is 21.4. The van der Waals surface area contributed by atoms with E-state index in [1.807, 2.05) is 30.5 Å². The third-order valence-corrected chi connectivity index (χ3v) is 5.60. The molecule has 0 radical (unpaired) electrons. The van der Waals surface area contributed by atoms with E-state index in [-0.39, 0.29) is 5.56 Å². The van der Waals surface area contributed by atoms with Crippen LogP contribution in [0.2, 0.25) is 0 Å². The van der Waals surface area contributed by atoms with Crippen LogP contribution < -0.4 is 5.32 Å². The van der Waals surface area contributed by atoms with E-state index in [4.69, 9.17) is 16.4 Å². The number of hydrogen-bond acceptors (Lipinski definition) is 5. The number of hydrogen-bond donors (Lipinski definition) is 2. The lowest BCUT2D eigenvalue weighted by atomic mass is 10.1. The maximum atomic E-state index is 11.4. The van der Waals surface area contributed by atoms with Crippen LogP contribution in [0.1, 0.15) is 41.0 Å². The van der Waals surface area contributed by atoms with Gasteiger partial charge in [0.05, 0.1) is 11.1 Å². The molecule has 4 aromatic rings. The van der Waals surface area contributed by atoms with E-state index in [1.54, 1.807) is 18.2 Å². The standard InChI is InChI=1S/C25H20N4O2/c1-2-15-4-3-5-18(12-15)27-24-23-20(14-26-22(29-23)11-8-16-6-7-16)19-10-9-17(25(30)31)13-21(19)28-24/h1,3-5,9-10,12-14,16H,6-8,11H2,(H,27,28)(H,30,31). The van der Waals surface area contributed by atoms with Gasteiger partial charge in [-0.2, -0.15) is 0 Å². The fraction of sp³-hybridized carbons (Fsp3) is 0.200. The molecule has 0 aliphatic heterocycles. The average molecular weight is 408 g/mol. The number of benzene rings is 2. The Kier molecular flexibility index (Phi) is 4.72. The van der Waals surface area contributed by atoms with Gasteiger partial charge in [0.1, 0.15) is 11.3 Å². The second kappa shape index (κ2) is 7.69. The molecule has 2 aromatic heterocycles. The van der Waals surface area contributed by atoms with Crippen LogP contribution in [0.4, 0.5) is 11.5 Å². The van der Waals surface area contributed by atoms with Crippen LogP contribution in [0.15, 0.2) is 48.7 Å². The Morgan fingerprint density at radius 1 is 1.16 bits per heavy atom. The number of pyridine rings is 1. The summed E-state index contributed by atoms with van der Waals surface area (Å²) in [5.41, 5.74) is 3.00. The Morgan fingerprint density at radius 3 is 2.81 bits per heavy atom. The van der Waals surface area contributed by atoms with Gasteiger partial charge in [-0.3, -0.25) is 0 Å². The van der Waals surface area contributed by atoms with Crippen molar-refractivity contribution in [2.24, 2.45) is 5.92 Å². The Labute approximate surface area is 179 Å². The molecule has 2 aromatic carbocycles. The van der Waals surface area contributed by atoms with E-state index in [0.29, 0.717) is 16.9 Å². The van der Waals surface area contributed by atoms with Gasteiger partial charge in [-0.05, 0) is 42.7 Å². The summed E-state index contributed by atoms with van der Waals surface area (Å²) >= 11 is 0. The topological polar surface area (TPSA) is 88.0 Å². The molecule has 0 atom stereocenters. The molecule has 6 nitrogen and oxygen atoms in total. The monoisotopic (exact) mass is 408 g/mol. The van der Waals surface area contributed by atoms with E-state index in [1.165, 1.54) is 12.8 Å². The van der Waals surface area contributed by atoms with Crippen LogP contribution in [-0.2, 0) is 6.42 Å². The lowest BCUT2D eigenvalue weighted by molar-refractivity contribution is 0.0697. The number of nitrogens with one attached hydrogen (secondary N) is 1. The Morgan fingerprint density at radius 2 is 2.03 bits per heavy atom. The second-order valence-electron chi connectivity index (χ2n) is 7.88. The van der Waals surface area contributed by atoms with Crippen LogP contribution in [0.5, 0.6) is 0 Å². The summed E-state index contributed by atoms with van der Waals surface area (Å²) in [7, 11) is 0. The van der Waals surface area contributed by atoms with E-state index in [0.717, 1.165) is 46.6 Å². The predicted octanol–water partition coefficient (Wildman–Crippen LogP) is 4.94. The first kappa shape index (κ1) is 19.0. The third kappa shape index (κ3) is 3.90. The van der Waals surface area contributed by atoms with E-state index in [2.05, 4.69) is 16.2 Å². The SMILES string of the molecule is C#Cc1cccc(Nc2nc3cc(C(=O)O)ccc3c3cnc(CCC4CC4)nc23)c1. The minimum absolute atomic E-state index is 0.182. The highest BCUT2D eigenvalue weighted by atomic mass is 16.4. The van der Waals surface area contributed by atoms with Crippen LogP contribution >= 0.6 is 0 Å². The molecule has 5 rings (SSSR count). The maximum absolute atomic E-state index is 11.4. The quantitative estimate of drug-likeness (QED) is 0.347. The maximum Gasteiger partial charge on any atom is 0.335 e. The molecule has 31 heavy (non-hydrogen) atoms. The molecule has 0 spiro atoms. The zero-order valence-electron chi connectivity index (χ0n) is 16.8. The molecule has 1 aliphatic rings. The number of nitrogens with zero attached hydrogens (tertiary/aromatic N) is 3. The van der Waals surface area contributed by atoms with Crippen molar-refractivity contribution in [3.8, 4) is 12.3 Å². The van der Waals surface area contributed by atoms with Crippen LogP contribution in [0.25, 0.3) is 21.8 Å². The van der Waals surface area contributed by atoms with Gasteiger partial charge < -0.3 is 10.4 Å². The Bertz CT molecular complexity index is 1370. The molecular formula is C25H20N4O2. The fourth-order valence-electron chi connectivity index (χ4n) is 3.73. The summed E-state index contributed by atoms with van der Waals surface area (Å²) in [6, 6.07) is 12.4. The number of aromatic nitrogens is 3. The smallest absolute Gasteiger partial charge is 0.335 e. The highest BCUT2D eigenvalue weighted by Crippen LogP contribution is 2.34. The Hall–Kier alpha value is -3.98. The van der Waals surface area contributed by atoms with Gasteiger partial charge in [0.25, 0.3) is 0 Å². The summed E-state index contributed by atoms with van der Waals surface area (Å²) in [5, 5.41) is 14.3. The summed E-state index contributed by atoms with van der Waals surface area (Å²) in [4.78, 5) is 25.6. The van der Waals surface area contributed by atoms with Crippen molar-refractivity contribution in [2.45, 2.75) is 25.7 Å². The lowest BCUT2D eigenvalue weighted by Gasteiger charge is -2.12. The van der Waals surface area contributed by atoms with Crippen molar-refractivity contribution >= 4 is 39.3 Å². The number of carboxylic acids is 1. The number of aryl methyl sites for hydroxylation is 1. The second-order valence-corrected chi connectivity index (χ2v) is 7.88. The molecule has 6 heteroatoms. The summed E-state index contributed by atoms with van der Waals surface area (Å²) in [5.74, 6) is 3.78. The van der Waals surface area contributed by atoms with Crippen molar-refractivity contribution < 1.29 is 9.90 Å². The van der Waals surface area contributed by atoms with Gasteiger partial charge in [0.15, 0.2) is 5.82 Å². The van der Waals surface area contributed by atoms with Crippen molar-refractivity contribution in [1.29, 1.82) is 0 Å². The molecule has 152 valence electrons. The first-order chi connectivity index (χ1) is 15.1. The molecule has 1 aliphatic carbocycles. The lowest BCUT2D eigenvalue weighted by Crippen LogP contribution is -2.03. The van der Waals surface area contributed by atoms with Gasteiger partial charge in [-0.15, -0.1) is 6.42 Å². The molecule has 2 heterocycles. The minimum atomic E-state index is -0.994. The average Bonchev–Trinajstić information content (AvgIpc) is 3.62. The highest BCUT2D eigenvalue weighted by Gasteiger charge is 2.21. The fourth-order valence-corrected chi connectivity index (χ4v) is 3.73. The number of carboxylic acid groups (broad SMARTS) is 1. The minimum Gasteiger partial charge on any atom is -0.478 e.